The van der Waals surface area contributed by atoms with E-state index in [0.717, 1.165) is 39.7 Å². The molecule has 162 valence electrons. The smallest absolute Gasteiger partial charge is 0.256 e. The van der Waals surface area contributed by atoms with Gasteiger partial charge in [0.05, 0.1) is 29.8 Å². The summed E-state index contributed by atoms with van der Waals surface area (Å²) < 4.78 is 5.32. The van der Waals surface area contributed by atoms with E-state index in [1.807, 2.05) is 97.6 Å². The van der Waals surface area contributed by atoms with E-state index in [-0.39, 0.29) is 5.91 Å². The van der Waals surface area contributed by atoms with E-state index in [0.29, 0.717) is 18.7 Å². The number of rotatable bonds is 6. The topological polar surface area (TPSA) is 53.9 Å². The Morgan fingerprint density at radius 1 is 0.906 bits per heavy atom. The summed E-state index contributed by atoms with van der Waals surface area (Å²) in [6.07, 6.45) is 0. The molecular formula is C27H27N3O2. The summed E-state index contributed by atoms with van der Waals surface area (Å²) in [6, 6.07) is 25.4. The molecule has 0 aliphatic carbocycles. The minimum Gasteiger partial charge on any atom is -0.497 e. The monoisotopic (exact) mass is 425 g/mol. The molecule has 1 N–H and O–H groups in total. The molecule has 0 unspecified atom stereocenters. The largest absolute Gasteiger partial charge is 0.497 e. The number of methoxy groups -OCH3 is 1. The van der Waals surface area contributed by atoms with Crippen molar-refractivity contribution in [1.29, 1.82) is 0 Å². The van der Waals surface area contributed by atoms with Gasteiger partial charge >= 0.3 is 0 Å². The number of nitrogens with zero attached hydrogens (tertiary/aromatic N) is 2. The fourth-order valence-electron chi connectivity index (χ4n) is 3.86. The molecule has 3 aromatic rings. The van der Waals surface area contributed by atoms with E-state index < -0.39 is 0 Å². The number of carbonyl (C=O) groups excluding carboxylic acids is 1. The second-order valence-electron chi connectivity index (χ2n) is 7.42. The van der Waals surface area contributed by atoms with Gasteiger partial charge in [0.2, 0.25) is 0 Å². The molecule has 3 aromatic carbocycles. The summed E-state index contributed by atoms with van der Waals surface area (Å²) in [6.45, 7) is 5.24. The third kappa shape index (κ3) is 4.14. The number of fused-ring (bicyclic) bond motifs is 1. The van der Waals surface area contributed by atoms with Crippen LogP contribution in [0.5, 0.6) is 5.75 Å². The third-order valence-electron chi connectivity index (χ3n) is 5.57. The zero-order chi connectivity index (χ0) is 22.5. The van der Waals surface area contributed by atoms with Gasteiger partial charge in [0, 0.05) is 24.3 Å². The summed E-state index contributed by atoms with van der Waals surface area (Å²) in [4.78, 5) is 20.5. The highest BCUT2D eigenvalue weighted by atomic mass is 16.5. The van der Waals surface area contributed by atoms with Gasteiger partial charge in [-0.05, 0) is 49.7 Å². The first-order chi connectivity index (χ1) is 15.7. The lowest BCUT2D eigenvalue weighted by atomic mass is 9.98. The van der Waals surface area contributed by atoms with Crippen LogP contribution in [0.1, 0.15) is 25.0 Å². The molecule has 1 aliphatic heterocycles. The van der Waals surface area contributed by atoms with E-state index in [1.165, 1.54) is 0 Å². The Morgan fingerprint density at radius 3 is 2.22 bits per heavy atom. The first-order valence-electron chi connectivity index (χ1n) is 10.8. The van der Waals surface area contributed by atoms with Gasteiger partial charge in [0.25, 0.3) is 5.91 Å². The second-order valence-corrected chi connectivity index (χ2v) is 7.42. The first-order valence-corrected chi connectivity index (χ1v) is 10.8. The SMILES string of the molecule is CCN(CC)C(=O)/C(=C1/Nc2ccccc2C1=Nc1ccccc1)c1ccc(OC)cc1. The van der Waals surface area contributed by atoms with Gasteiger partial charge < -0.3 is 15.0 Å². The molecule has 5 nitrogen and oxygen atoms in total. The second kappa shape index (κ2) is 9.52. The molecule has 0 spiro atoms. The summed E-state index contributed by atoms with van der Waals surface area (Å²) in [5.74, 6) is 0.713. The van der Waals surface area contributed by atoms with Crippen LogP contribution in [0, 0.1) is 0 Å². The maximum atomic E-state index is 13.7. The van der Waals surface area contributed by atoms with Crippen molar-refractivity contribution in [2.75, 3.05) is 25.5 Å². The highest BCUT2D eigenvalue weighted by molar-refractivity contribution is 6.34. The van der Waals surface area contributed by atoms with Gasteiger partial charge in [-0.15, -0.1) is 0 Å². The molecule has 5 heteroatoms. The van der Waals surface area contributed by atoms with Crippen molar-refractivity contribution >= 4 is 28.6 Å². The molecule has 0 saturated carbocycles. The Labute approximate surface area is 189 Å². The Morgan fingerprint density at radius 2 is 1.56 bits per heavy atom. The third-order valence-corrected chi connectivity index (χ3v) is 5.57. The van der Waals surface area contributed by atoms with Crippen molar-refractivity contribution in [3.8, 4) is 5.75 Å². The average molecular weight is 426 g/mol. The molecule has 1 aliphatic rings. The number of para-hydroxylation sites is 2. The normalized spacial score (nSPS) is 15.2. The van der Waals surface area contributed by atoms with Crippen LogP contribution < -0.4 is 10.1 Å². The predicted molar refractivity (Wildman–Crippen MR) is 131 cm³/mol. The average Bonchev–Trinajstić information content (AvgIpc) is 3.19. The fraction of sp³-hybridized carbons (Fsp3) is 0.185. The van der Waals surface area contributed by atoms with Crippen molar-refractivity contribution in [3.63, 3.8) is 0 Å². The number of ether oxygens (including phenoxy) is 1. The lowest BCUT2D eigenvalue weighted by Crippen LogP contribution is -2.32. The van der Waals surface area contributed by atoms with Crippen molar-refractivity contribution in [1.82, 2.24) is 4.90 Å². The van der Waals surface area contributed by atoms with Gasteiger partial charge in [0.1, 0.15) is 5.75 Å². The quantitative estimate of drug-likeness (QED) is 0.529. The van der Waals surface area contributed by atoms with E-state index in [9.17, 15) is 4.79 Å². The molecule has 1 heterocycles. The van der Waals surface area contributed by atoms with Crippen LogP contribution >= 0.6 is 0 Å². The molecule has 0 saturated heterocycles. The first kappa shape index (κ1) is 21.4. The van der Waals surface area contributed by atoms with Gasteiger partial charge in [-0.25, -0.2) is 4.99 Å². The standard InChI is InChI=1S/C27H27N3O2/c1-4-30(5-2)27(31)24(19-15-17-21(32-3)18-16-19)26-25(28-20-11-7-6-8-12-20)22-13-9-10-14-23(22)29-26/h6-18,29H,4-5H2,1-3H3/b26-24+,28-25?. The van der Waals surface area contributed by atoms with Crippen LogP contribution in [0.4, 0.5) is 11.4 Å². The summed E-state index contributed by atoms with van der Waals surface area (Å²) in [5.41, 5.74) is 5.65. The number of hydrogen-bond acceptors (Lipinski definition) is 4. The van der Waals surface area contributed by atoms with Gasteiger partial charge in [-0.1, -0.05) is 48.5 Å². The number of anilines is 1. The van der Waals surface area contributed by atoms with Gasteiger partial charge in [-0.3, -0.25) is 4.79 Å². The van der Waals surface area contributed by atoms with E-state index in [4.69, 9.17) is 9.73 Å². The van der Waals surface area contributed by atoms with E-state index >= 15 is 0 Å². The van der Waals surface area contributed by atoms with Crippen molar-refractivity contribution < 1.29 is 9.53 Å². The molecule has 4 rings (SSSR count). The maximum absolute atomic E-state index is 13.7. The summed E-state index contributed by atoms with van der Waals surface area (Å²) >= 11 is 0. The Balaban J connectivity index is 1.96. The van der Waals surface area contributed by atoms with Crippen LogP contribution in [0.15, 0.2) is 89.6 Å². The number of allylic oxidation sites excluding steroid dienone is 1. The van der Waals surface area contributed by atoms with Crippen LogP contribution in [0.3, 0.4) is 0 Å². The molecular weight excluding hydrogens is 398 g/mol. The predicted octanol–water partition coefficient (Wildman–Crippen LogP) is 5.52. The number of hydrogen-bond donors (Lipinski definition) is 1. The van der Waals surface area contributed by atoms with Crippen molar-refractivity contribution in [3.05, 3.63) is 95.7 Å². The maximum Gasteiger partial charge on any atom is 0.256 e. The van der Waals surface area contributed by atoms with Crippen molar-refractivity contribution in [2.45, 2.75) is 13.8 Å². The summed E-state index contributed by atoms with van der Waals surface area (Å²) in [5, 5.41) is 3.49. The lowest BCUT2D eigenvalue weighted by molar-refractivity contribution is -0.124. The number of carbonyl (C=O) groups is 1. The van der Waals surface area contributed by atoms with Gasteiger partial charge in [-0.2, -0.15) is 0 Å². The number of aliphatic imine (C=N–C) groups is 1. The van der Waals surface area contributed by atoms with Crippen LogP contribution in [-0.4, -0.2) is 36.7 Å². The lowest BCUT2D eigenvalue weighted by Gasteiger charge is -2.22. The Kier molecular flexibility index (Phi) is 6.36. The molecule has 0 atom stereocenters. The molecule has 0 aromatic heterocycles. The molecule has 32 heavy (non-hydrogen) atoms. The number of likely N-dealkylation sites (N-methyl/N-ethyl adjacent to an activating group) is 1. The Bertz CT molecular complexity index is 1160. The van der Waals surface area contributed by atoms with E-state index in [1.54, 1.807) is 7.11 Å². The van der Waals surface area contributed by atoms with Crippen molar-refractivity contribution in [2.24, 2.45) is 4.99 Å². The number of nitrogens with one attached hydrogen (secondary N) is 1. The molecule has 0 fully saturated rings. The molecule has 0 bridgehead atoms. The minimum atomic E-state index is -0.0313. The van der Waals surface area contributed by atoms with E-state index in [2.05, 4.69) is 5.32 Å². The number of benzene rings is 3. The van der Waals surface area contributed by atoms with Crippen LogP contribution in [0.2, 0.25) is 0 Å². The summed E-state index contributed by atoms with van der Waals surface area (Å²) in [7, 11) is 1.63. The number of amides is 1. The minimum absolute atomic E-state index is 0.0313. The molecule has 0 radical (unpaired) electrons. The highest BCUT2D eigenvalue weighted by Crippen LogP contribution is 2.35. The van der Waals surface area contributed by atoms with Gasteiger partial charge in [0.15, 0.2) is 0 Å². The highest BCUT2D eigenvalue weighted by Gasteiger charge is 2.30. The fourth-order valence-corrected chi connectivity index (χ4v) is 3.86. The van der Waals surface area contributed by atoms with Crippen LogP contribution in [0.25, 0.3) is 5.57 Å². The Hall–Kier alpha value is -3.86. The van der Waals surface area contributed by atoms with Crippen LogP contribution in [-0.2, 0) is 4.79 Å². The zero-order valence-electron chi connectivity index (χ0n) is 18.6. The molecule has 1 amide bonds. The zero-order valence-corrected chi connectivity index (χ0v) is 18.6.